The fraction of sp³-hybridized carbons (Fsp3) is 0.444. The second-order valence-corrected chi connectivity index (χ2v) is 7.35. The SMILES string of the molecule is C[C@@H]1C[C@H](C)CN(c2nc3nonc3nc2Nc2ccc3c(c2)OCO3)C1. The van der Waals surface area contributed by atoms with Crippen LogP contribution in [0.25, 0.3) is 11.3 Å². The van der Waals surface area contributed by atoms with Gasteiger partial charge in [-0.05, 0) is 40.7 Å². The van der Waals surface area contributed by atoms with Crippen molar-refractivity contribution in [2.24, 2.45) is 11.8 Å². The van der Waals surface area contributed by atoms with Crippen LogP contribution in [0.1, 0.15) is 20.3 Å². The maximum Gasteiger partial charge on any atom is 0.245 e. The molecule has 27 heavy (non-hydrogen) atoms. The highest BCUT2D eigenvalue weighted by Crippen LogP contribution is 2.37. The summed E-state index contributed by atoms with van der Waals surface area (Å²) in [5, 5.41) is 11.0. The molecule has 2 aliphatic rings. The molecule has 1 N–H and O–H groups in total. The van der Waals surface area contributed by atoms with Crippen molar-refractivity contribution in [2.45, 2.75) is 20.3 Å². The Hall–Kier alpha value is -3.10. The average molecular weight is 368 g/mol. The maximum atomic E-state index is 5.46. The highest BCUT2D eigenvalue weighted by molar-refractivity contribution is 5.77. The summed E-state index contributed by atoms with van der Waals surface area (Å²) in [5.74, 6) is 3.99. The largest absolute Gasteiger partial charge is 0.454 e. The highest BCUT2D eigenvalue weighted by atomic mass is 16.7. The van der Waals surface area contributed by atoms with Gasteiger partial charge in [0.15, 0.2) is 23.1 Å². The molecule has 0 unspecified atom stereocenters. The average Bonchev–Trinajstić information content (AvgIpc) is 3.28. The molecular weight excluding hydrogens is 348 g/mol. The van der Waals surface area contributed by atoms with Gasteiger partial charge in [-0.25, -0.2) is 14.6 Å². The summed E-state index contributed by atoms with van der Waals surface area (Å²) < 4.78 is 15.6. The number of rotatable bonds is 3. The number of anilines is 3. The van der Waals surface area contributed by atoms with Crippen molar-refractivity contribution in [3.63, 3.8) is 0 Å². The van der Waals surface area contributed by atoms with E-state index in [2.05, 4.69) is 44.3 Å². The minimum Gasteiger partial charge on any atom is -0.454 e. The summed E-state index contributed by atoms with van der Waals surface area (Å²) in [6.45, 7) is 6.61. The van der Waals surface area contributed by atoms with Gasteiger partial charge in [-0.2, -0.15) is 0 Å². The van der Waals surface area contributed by atoms with Gasteiger partial charge in [0, 0.05) is 24.8 Å². The van der Waals surface area contributed by atoms with E-state index >= 15 is 0 Å². The van der Waals surface area contributed by atoms with Crippen LogP contribution < -0.4 is 19.7 Å². The van der Waals surface area contributed by atoms with E-state index in [1.807, 2.05) is 18.2 Å². The van der Waals surface area contributed by atoms with Gasteiger partial charge in [-0.1, -0.05) is 13.8 Å². The summed E-state index contributed by atoms with van der Waals surface area (Å²) in [6, 6.07) is 5.69. The predicted octanol–water partition coefficient (Wildman–Crippen LogP) is 2.97. The molecule has 140 valence electrons. The van der Waals surface area contributed by atoms with Gasteiger partial charge in [0.25, 0.3) is 0 Å². The van der Waals surface area contributed by atoms with E-state index in [9.17, 15) is 0 Å². The molecule has 0 bridgehead atoms. The number of hydrogen-bond donors (Lipinski definition) is 1. The Morgan fingerprint density at radius 1 is 1.00 bits per heavy atom. The van der Waals surface area contributed by atoms with Gasteiger partial charge in [0.2, 0.25) is 18.1 Å². The number of piperidine rings is 1. The number of hydrogen-bond acceptors (Lipinski definition) is 9. The van der Waals surface area contributed by atoms with Crippen molar-refractivity contribution in [3.8, 4) is 11.5 Å². The number of benzene rings is 1. The first-order chi connectivity index (χ1) is 13.2. The van der Waals surface area contributed by atoms with Crippen LogP contribution >= 0.6 is 0 Å². The standard InChI is InChI=1S/C18H20N6O3/c1-10-5-11(2)8-24(7-10)18-17(20-15-16(21-18)23-27-22-15)19-12-3-4-13-14(6-12)26-9-25-13/h3-4,6,10-11H,5,7-9H2,1-2H3,(H,19,20,22)/t10-,11+. The van der Waals surface area contributed by atoms with Gasteiger partial charge in [-0.3, -0.25) is 0 Å². The molecule has 2 aromatic heterocycles. The molecule has 0 saturated carbocycles. The molecule has 9 heteroatoms. The monoisotopic (exact) mass is 368 g/mol. The van der Waals surface area contributed by atoms with Crippen LogP contribution in [0.5, 0.6) is 11.5 Å². The van der Waals surface area contributed by atoms with E-state index in [1.54, 1.807) is 0 Å². The van der Waals surface area contributed by atoms with Crippen LogP contribution in [0.2, 0.25) is 0 Å². The van der Waals surface area contributed by atoms with Gasteiger partial charge < -0.3 is 19.7 Å². The van der Waals surface area contributed by atoms with Crippen LogP contribution in [0.15, 0.2) is 22.8 Å². The quantitative estimate of drug-likeness (QED) is 0.748. The zero-order valence-electron chi connectivity index (χ0n) is 15.2. The second-order valence-electron chi connectivity index (χ2n) is 7.35. The molecular formula is C18H20N6O3. The Morgan fingerprint density at radius 2 is 1.74 bits per heavy atom. The van der Waals surface area contributed by atoms with E-state index < -0.39 is 0 Å². The van der Waals surface area contributed by atoms with Crippen LogP contribution in [0, 0.1) is 11.8 Å². The van der Waals surface area contributed by atoms with Crippen molar-refractivity contribution < 1.29 is 14.1 Å². The first-order valence-electron chi connectivity index (χ1n) is 9.07. The lowest BCUT2D eigenvalue weighted by atomic mass is 9.92. The molecule has 4 heterocycles. The van der Waals surface area contributed by atoms with E-state index in [-0.39, 0.29) is 6.79 Å². The number of ether oxygens (including phenoxy) is 2. The van der Waals surface area contributed by atoms with Crippen LogP contribution in [0.4, 0.5) is 17.3 Å². The topological polar surface area (TPSA) is 98.4 Å². The Morgan fingerprint density at radius 3 is 2.56 bits per heavy atom. The van der Waals surface area contributed by atoms with Crippen molar-refractivity contribution in [3.05, 3.63) is 18.2 Å². The molecule has 3 aromatic rings. The molecule has 9 nitrogen and oxygen atoms in total. The van der Waals surface area contributed by atoms with Crippen molar-refractivity contribution >= 4 is 28.6 Å². The molecule has 5 rings (SSSR count). The third kappa shape index (κ3) is 2.98. The molecule has 2 aliphatic heterocycles. The van der Waals surface area contributed by atoms with Crippen LogP contribution in [-0.4, -0.2) is 40.2 Å². The number of nitrogens with zero attached hydrogens (tertiary/aromatic N) is 5. The summed E-state index contributed by atoms with van der Waals surface area (Å²) in [7, 11) is 0. The molecule has 1 saturated heterocycles. The Labute approximate surface area is 155 Å². The van der Waals surface area contributed by atoms with E-state index in [1.165, 1.54) is 6.42 Å². The van der Waals surface area contributed by atoms with Gasteiger partial charge in [0.05, 0.1) is 0 Å². The Kier molecular flexibility index (Phi) is 3.73. The molecule has 0 aliphatic carbocycles. The van der Waals surface area contributed by atoms with Crippen LogP contribution in [-0.2, 0) is 0 Å². The minimum absolute atomic E-state index is 0.240. The third-order valence-corrected chi connectivity index (χ3v) is 4.90. The molecule has 0 spiro atoms. The predicted molar refractivity (Wildman–Crippen MR) is 98.4 cm³/mol. The summed E-state index contributed by atoms with van der Waals surface area (Å²) in [4.78, 5) is 11.5. The van der Waals surface area contributed by atoms with E-state index in [0.717, 1.165) is 30.3 Å². The fourth-order valence-electron chi connectivity index (χ4n) is 3.88. The van der Waals surface area contributed by atoms with E-state index in [4.69, 9.17) is 14.1 Å². The van der Waals surface area contributed by atoms with Crippen molar-refractivity contribution in [1.29, 1.82) is 0 Å². The Bertz CT molecular complexity index is 980. The number of fused-ring (bicyclic) bond motifs is 2. The maximum absolute atomic E-state index is 5.46. The fourth-order valence-corrected chi connectivity index (χ4v) is 3.88. The third-order valence-electron chi connectivity index (χ3n) is 4.90. The smallest absolute Gasteiger partial charge is 0.245 e. The zero-order valence-corrected chi connectivity index (χ0v) is 15.2. The second kappa shape index (κ2) is 6.26. The summed E-state index contributed by atoms with van der Waals surface area (Å²) in [6.07, 6.45) is 1.21. The number of nitrogens with one attached hydrogen (secondary N) is 1. The highest BCUT2D eigenvalue weighted by Gasteiger charge is 2.26. The van der Waals surface area contributed by atoms with Crippen molar-refractivity contribution in [2.75, 3.05) is 30.1 Å². The molecule has 2 atom stereocenters. The van der Waals surface area contributed by atoms with Gasteiger partial charge in [-0.15, -0.1) is 0 Å². The normalized spacial score (nSPS) is 21.6. The van der Waals surface area contributed by atoms with Crippen LogP contribution in [0.3, 0.4) is 0 Å². The first kappa shape index (κ1) is 16.1. The molecule has 0 radical (unpaired) electrons. The Balaban J connectivity index is 1.54. The van der Waals surface area contributed by atoms with Crippen molar-refractivity contribution in [1.82, 2.24) is 20.3 Å². The zero-order chi connectivity index (χ0) is 18.4. The van der Waals surface area contributed by atoms with Gasteiger partial charge >= 0.3 is 0 Å². The lowest BCUT2D eigenvalue weighted by Crippen LogP contribution is -2.39. The lowest BCUT2D eigenvalue weighted by molar-refractivity contribution is 0.174. The van der Waals surface area contributed by atoms with E-state index in [0.29, 0.717) is 34.7 Å². The number of aromatic nitrogens is 4. The molecule has 1 fully saturated rings. The molecule has 0 amide bonds. The molecule has 1 aromatic carbocycles. The lowest BCUT2D eigenvalue weighted by Gasteiger charge is -2.36. The minimum atomic E-state index is 0.240. The summed E-state index contributed by atoms with van der Waals surface area (Å²) >= 11 is 0. The van der Waals surface area contributed by atoms with Gasteiger partial charge in [0.1, 0.15) is 0 Å². The first-order valence-corrected chi connectivity index (χ1v) is 9.07. The summed E-state index contributed by atoms with van der Waals surface area (Å²) in [5.41, 5.74) is 1.62.